The van der Waals surface area contributed by atoms with Gasteiger partial charge in [-0.15, -0.1) is 0 Å². The number of rotatable bonds is 6. The van der Waals surface area contributed by atoms with E-state index >= 15 is 0 Å². The molecule has 1 nitrogen and oxygen atoms in total. The fraction of sp³-hybridized carbons (Fsp3) is 1.00. The molecule has 0 aromatic carbocycles. The van der Waals surface area contributed by atoms with Crippen LogP contribution in [0.2, 0.25) is 0 Å². The predicted octanol–water partition coefficient (Wildman–Crippen LogP) is 5.15. The van der Waals surface area contributed by atoms with E-state index in [-0.39, 0.29) is 0 Å². The first kappa shape index (κ1) is 15.4. The van der Waals surface area contributed by atoms with E-state index in [1.54, 1.807) is 0 Å². The van der Waals surface area contributed by atoms with E-state index in [1.165, 1.54) is 70.8 Å². The molecule has 0 aliphatic heterocycles. The molecule has 2 aliphatic rings. The van der Waals surface area contributed by atoms with E-state index in [0.29, 0.717) is 5.41 Å². The van der Waals surface area contributed by atoms with Gasteiger partial charge in [0.15, 0.2) is 0 Å². The van der Waals surface area contributed by atoms with Gasteiger partial charge in [-0.3, -0.25) is 0 Å². The number of hydrogen-bond acceptors (Lipinski definition) is 1. The van der Waals surface area contributed by atoms with Crippen LogP contribution in [0.5, 0.6) is 0 Å². The maximum absolute atomic E-state index is 3.95. The molecule has 1 heteroatoms. The molecule has 0 spiro atoms. The Morgan fingerprint density at radius 2 is 1.68 bits per heavy atom. The van der Waals surface area contributed by atoms with E-state index in [9.17, 15) is 0 Å². The molecule has 0 radical (unpaired) electrons. The van der Waals surface area contributed by atoms with Crippen LogP contribution in [0.4, 0.5) is 0 Å². The van der Waals surface area contributed by atoms with Crippen molar-refractivity contribution in [2.45, 2.75) is 91.0 Å². The Morgan fingerprint density at radius 1 is 1.05 bits per heavy atom. The quantitative estimate of drug-likeness (QED) is 0.700. The van der Waals surface area contributed by atoms with Crippen LogP contribution in [0.25, 0.3) is 0 Å². The van der Waals surface area contributed by atoms with Gasteiger partial charge in [0, 0.05) is 12.6 Å². The Kier molecular flexibility index (Phi) is 5.74. The van der Waals surface area contributed by atoms with Gasteiger partial charge in [-0.1, -0.05) is 40.0 Å². The average Bonchev–Trinajstić information content (AvgIpc) is 2.85. The van der Waals surface area contributed by atoms with Crippen molar-refractivity contribution in [2.24, 2.45) is 17.3 Å². The lowest BCUT2D eigenvalue weighted by Gasteiger charge is -2.35. The zero-order valence-corrected chi connectivity index (χ0v) is 13.5. The van der Waals surface area contributed by atoms with Crippen LogP contribution in [0, 0.1) is 17.3 Å². The molecule has 0 unspecified atom stereocenters. The molecule has 0 saturated heterocycles. The van der Waals surface area contributed by atoms with Crippen molar-refractivity contribution in [1.29, 1.82) is 0 Å². The number of hydrogen-bond donors (Lipinski definition) is 1. The van der Waals surface area contributed by atoms with Crippen molar-refractivity contribution in [2.75, 3.05) is 6.54 Å². The standard InChI is InChI=1S/C18H35N/c1-4-16-7-9-17(10-8-16)19-14-18(13-15(2)3)11-5-6-12-18/h15-17,19H,4-14H2,1-3H3. The molecule has 2 aliphatic carbocycles. The van der Waals surface area contributed by atoms with Crippen LogP contribution in [-0.2, 0) is 0 Å². The lowest BCUT2D eigenvalue weighted by atomic mass is 9.77. The zero-order valence-electron chi connectivity index (χ0n) is 13.5. The van der Waals surface area contributed by atoms with E-state index in [4.69, 9.17) is 0 Å². The topological polar surface area (TPSA) is 12.0 Å². The minimum atomic E-state index is 0.649. The highest BCUT2D eigenvalue weighted by Gasteiger charge is 2.34. The van der Waals surface area contributed by atoms with E-state index < -0.39 is 0 Å². The van der Waals surface area contributed by atoms with E-state index in [1.807, 2.05) is 0 Å². The van der Waals surface area contributed by atoms with Gasteiger partial charge in [0.2, 0.25) is 0 Å². The molecule has 1 N–H and O–H groups in total. The highest BCUT2D eigenvalue weighted by atomic mass is 14.9. The third-order valence-electron chi connectivity index (χ3n) is 5.70. The Bertz CT molecular complexity index is 244. The summed E-state index contributed by atoms with van der Waals surface area (Å²) in [6.45, 7) is 8.44. The molecule has 0 aromatic rings. The maximum atomic E-state index is 3.95. The summed E-state index contributed by atoms with van der Waals surface area (Å²) in [5, 5.41) is 3.95. The molecule has 112 valence electrons. The largest absolute Gasteiger partial charge is 0.313 e. The molecule has 2 rings (SSSR count). The van der Waals surface area contributed by atoms with E-state index in [0.717, 1.165) is 17.9 Å². The van der Waals surface area contributed by atoms with Crippen LogP contribution < -0.4 is 5.32 Å². The third kappa shape index (κ3) is 4.48. The predicted molar refractivity (Wildman–Crippen MR) is 84.4 cm³/mol. The summed E-state index contributed by atoms with van der Waals surface area (Å²) in [5.74, 6) is 1.88. The van der Waals surface area contributed by atoms with Crippen molar-refractivity contribution in [3.63, 3.8) is 0 Å². The first-order chi connectivity index (χ1) is 9.13. The van der Waals surface area contributed by atoms with Crippen LogP contribution in [0.15, 0.2) is 0 Å². The Balaban J connectivity index is 1.76. The lowest BCUT2D eigenvalue weighted by Crippen LogP contribution is -2.41. The second kappa shape index (κ2) is 7.11. The molecule has 0 heterocycles. The fourth-order valence-electron chi connectivity index (χ4n) is 4.58. The summed E-state index contributed by atoms with van der Waals surface area (Å²) in [5.41, 5.74) is 0.649. The SMILES string of the molecule is CCC1CCC(NCC2(CC(C)C)CCCC2)CC1. The van der Waals surface area contributed by atoms with Crippen molar-refractivity contribution in [3.05, 3.63) is 0 Å². The van der Waals surface area contributed by atoms with E-state index in [2.05, 4.69) is 26.1 Å². The van der Waals surface area contributed by atoms with Crippen molar-refractivity contribution in [3.8, 4) is 0 Å². The van der Waals surface area contributed by atoms with Crippen LogP contribution in [-0.4, -0.2) is 12.6 Å². The molecule has 0 bridgehead atoms. The molecular weight excluding hydrogens is 230 g/mol. The molecular formula is C18H35N. The molecule has 19 heavy (non-hydrogen) atoms. The summed E-state index contributed by atoms with van der Waals surface area (Å²) >= 11 is 0. The third-order valence-corrected chi connectivity index (χ3v) is 5.70. The lowest BCUT2D eigenvalue weighted by molar-refractivity contribution is 0.196. The smallest absolute Gasteiger partial charge is 0.00674 e. The van der Waals surface area contributed by atoms with Crippen molar-refractivity contribution in [1.82, 2.24) is 5.32 Å². The second-order valence-corrected chi connectivity index (χ2v) is 7.81. The van der Waals surface area contributed by atoms with Gasteiger partial charge >= 0.3 is 0 Å². The fourth-order valence-corrected chi connectivity index (χ4v) is 4.58. The minimum Gasteiger partial charge on any atom is -0.313 e. The summed E-state index contributed by atoms with van der Waals surface area (Å²) in [6, 6.07) is 0.826. The minimum absolute atomic E-state index is 0.649. The summed E-state index contributed by atoms with van der Waals surface area (Å²) in [7, 11) is 0. The van der Waals surface area contributed by atoms with Gasteiger partial charge in [-0.2, -0.15) is 0 Å². The highest BCUT2D eigenvalue weighted by molar-refractivity contribution is 4.89. The molecule has 2 saturated carbocycles. The highest BCUT2D eigenvalue weighted by Crippen LogP contribution is 2.43. The molecule has 2 fully saturated rings. The monoisotopic (exact) mass is 265 g/mol. The van der Waals surface area contributed by atoms with Crippen molar-refractivity contribution < 1.29 is 0 Å². The van der Waals surface area contributed by atoms with Gasteiger partial charge in [0.25, 0.3) is 0 Å². The van der Waals surface area contributed by atoms with Crippen molar-refractivity contribution >= 4 is 0 Å². The molecule has 0 aromatic heterocycles. The Hall–Kier alpha value is -0.0400. The van der Waals surface area contributed by atoms with Gasteiger partial charge in [-0.05, 0) is 62.2 Å². The van der Waals surface area contributed by atoms with Gasteiger partial charge in [-0.25, -0.2) is 0 Å². The zero-order chi connectivity index (χ0) is 13.7. The summed E-state index contributed by atoms with van der Waals surface area (Å²) in [6.07, 6.45) is 14.5. The van der Waals surface area contributed by atoms with Gasteiger partial charge in [0.1, 0.15) is 0 Å². The molecule has 0 amide bonds. The Labute approximate surface area is 120 Å². The van der Waals surface area contributed by atoms with Crippen LogP contribution >= 0.6 is 0 Å². The van der Waals surface area contributed by atoms with Crippen LogP contribution in [0.1, 0.15) is 85.0 Å². The summed E-state index contributed by atoms with van der Waals surface area (Å²) in [4.78, 5) is 0. The van der Waals surface area contributed by atoms with Crippen LogP contribution in [0.3, 0.4) is 0 Å². The second-order valence-electron chi connectivity index (χ2n) is 7.81. The first-order valence-corrected chi connectivity index (χ1v) is 8.87. The normalized spacial score (nSPS) is 30.9. The number of nitrogens with one attached hydrogen (secondary N) is 1. The average molecular weight is 265 g/mol. The Morgan fingerprint density at radius 3 is 2.21 bits per heavy atom. The first-order valence-electron chi connectivity index (χ1n) is 8.87. The van der Waals surface area contributed by atoms with Gasteiger partial charge < -0.3 is 5.32 Å². The maximum Gasteiger partial charge on any atom is 0.00674 e. The summed E-state index contributed by atoms with van der Waals surface area (Å²) < 4.78 is 0. The van der Waals surface area contributed by atoms with Gasteiger partial charge in [0.05, 0.1) is 0 Å². The molecule has 0 atom stereocenters.